The van der Waals surface area contributed by atoms with Gasteiger partial charge in [-0.25, -0.2) is 8.42 Å². The third kappa shape index (κ3) is 4.68. The molecule has 10 heteroatoms. The normalized spacial score (nSPS) is 11.4. The minimum atomic E-state index is -3.85. The van der Waals surface area contributed by atoms with E-state index < -0.39 is 21.9 Å². The van der Waals surface area contributed by atoms with Crippen molar-refractivity contribution in [1.29, 1.82) is 0 Å². The largest absolute Gasteiger partial charge is 0.545 e. The number of carboxylic acids is 1. The van der Waals surface area contributed by atoms with Crippen molar-refractivity contribution in [3.63, 3.8) is 0 Å². The zero-order valence-electron chi connectivity index (χ0n) is 12.3. The maximum atomic E-state index is 12.2. The lowest BCUT2D eigenvalue weighted by Crippen LogP contribution is -2.20. The zero-order valence-corrected chi connectivity index (χ0v) is 13.2. The Balaban J connectivity index is 2.08. The Morgan fingerprint density at radius 2 is 1.88 bits per heavy atom. The number of anilines is 2. The number of rotatable bonds is 6. The number of carbonyl (C=O) groups excluding carboxylic acids is 2. The number of carboxylic acid groups (broad SMARTS) is 1. The fourth-order valence-corrected chi connectivity index (χ4v) is 2.64. The van der Waals surface area contributed by atoms with Crippen LogP contribution in [0.4, 0.5) is 11.5 Å². The number of carbonyl (C=O) groups is 2. The van der Waals surface area contributed by atoms with Crippen LogP contribution in [0.3, 0.4) is 0 Å². The summed E-state index contributed by atoms with van der Waals surface area (Å²) in [6, 6.07) is 6.68. The average Bonchev–Trinajstić information content (AvgIpc) is 2.90. The van der Waals surface area contributed by atoms with Crippen molar-refractivity contribution >= 4 is 33.4 Å². The number of amides is 1. The summed E-state index contributed by atoms with van der Waals surface area (Å²) in [6.45, 7) is 1.62. The molecule has 1 heterocycles. The van der Waals surface area contributed by atoms with Gasteiger partial charge in [0.1, 0.15) is 5.76 Å². The van der Waals surface area contributed by atoms with E-state index in [0.29, 0.717) is 17.5 Å². The highest BCUT2D eigenvalue weighted by atomic mass is 32.2. The maximum Gasteiger partial charge on any atom is 0.263 e. The highest BCUT2D eigenvalue weighted by molar-refractivity contribution is 7.92. The topological polar surface area (TPSA) is 141 Å². The molecule has 24 heavy (non-hydrogen) atoms. The lowest BCUT2D eigenvalue weighted by molar-refractivity contribution is -0.297. The highest BCUT2D eigenvalue weighted by Gasteiger charge is 2.16. The monoisotopic (exact) mass is 350 g/mol. The van der Waals surface area contributed by atoms with Crippen LogP contribution < -0.4 is 15.1 Å². The Morgan fingerprint density at radius 3 is 2.42 bits per heavy atom. The standard InChI is InChI=1S/C14H13N3O6S/c1-9-8-12(16-23-9)17-24(21,22)11-4-2-10(3-5-11)15-13(18)6-7-14(19)20/h2-8H,1H3,(H,15,18)(H,16,17)(H,19,20)/p-1. The fourth-order valence-electron chi connectivity index (χ4n) is 1.66. The highest BCUT2D eigenvalue weighted by Crippen LogP contribution is 2.18. The summed E-state index contributed by atoms with van der Waals surface area (Å²) in [5, 5.41) is 16.1. The number of hydrogen-bond acceptors (Lipinski definition) is 7. The van der Waals surface area contributed by atoms with Gasteiger partial charge >= 0.3 is 0 Å². The van der Waals surface area contributed by atoms with Gasteiger partial charge in [0.15, 0.2) is 5.82 Å². The number of sulfonamides is 1. The summed E-state index contributed by atoms with van der Waals surface area (Å²) in [7, 11) is -3.85. The Kier molecular flexibility index (Phi) is 4.99. The number of aryl methyl sites for hydroxylation is 1. The molecule has 2 N–H and O–H groups in total. The lowest BCUT2D eigenvalue weighted by Gasteiger charge is -2.06. The van der Waals surface area contributed by atoms with Gasteiger partial charge in [-0.05, 0) is 37.3 Å². The molecule has 2 aromatic rings. The molecule has 1 aromatic carbocycles. The third-order valence-electron chi connectivity index (χ3n) is 2.67. The van der Waals surface area contributed by atoms with Crippen LogP contribution >= 0.6 is 0 Å². The molecule has 0 unspecified atom stereocenters. The van der Waals surface area contributed by atoms with Crippen LogP contribution in [0.1, 0.15) is 5.76 Å². The van der Waals surface area contributed by atoms with Gasteiger partial charge in [-0.1, -0.05) is 5.16 Å². The van der Waals surface area contributed by atoms with Crippen LogP contribution in [0.25, 0.3) is 0 Å². The molecule has 0 atom stereocenters. The molecule has 2 rings (SSSR count). The van der Waals surface area contributed by atoms with Crippen molar-refractivity contribution in [3.8, 4) is 0 Å². The molecule has 0 saturated carbocycles. The first-order chi connectivity index (χ1) is 11.3. The minimum Gasteiger partial charge on any atom is -0.545 e. The van der Waals surface area contributed by atoms with E-state index in [2.05, 4.69) is 15.2 Å². The van der Waals surface area contributed by atoms with Crippen LogP contribution in [-0.2, 0) is 19.6 Å². The van der Waals surface area contributed by atoms with Gasteiger partial charge in [0.25, 0.3) is 10.0 Å². The molecule has 0 spiro atoms. The molecule has 1 amide bonds. The number of benzene rings is 1. The molecule has 0 radical (unpaired) electrons. The Morgan fingerprint density at radius 1 is 1.21 bits per heavy atom. The second-order valence-electron chi connectivity index (χ2n) is 4.59. The molecule has 1 aromatic heterocycles. The van der Waals surface area contributed by atoms with E-state index in [4.69, 9.17) is 4.52 Å². The van der Waals surface area contributed by atoms with E-state index in [9.17, 15) is 23.1 Å². The maximum absolute atomic E-state index is 12.2. The van der Waals surface area contributed by atoms with Crippen molar-refractivity contribution < 1.29 is 27.6 Å². The predicted molar refractivity (Wildman–Crippen MR) is 81.3 cm³/mol. The molecule has 0 aliphatic carbocycles. The fraction of sp³-hybridized carbons (Fsp3) is 0.0714. The second-order valence-corrected chi connectivity index (χ2v) is 6.28. The second kappa shape index (κ2) is 6.96. The van der Waals surface area contributed by atoms with Crippen molar-refractivity contribution in [2.24, 2.45) is 0 Å². The Labute approximate surface area is 137 Å². The molecule has 0 aliphatic rings. The van der Waals surface area contributed by atoms with E-state index in [1.807, 2.05) is 0 Å². The summed E-state index contributed by atoms with van der Waals surface area (Å²) in [4.78, 5) is 21.6. The summed E-state index contributed by atoms with van der Waals surface area (Å²) in [5.41, 5.74) is 0.291. The SMILES string of the molecule is Cc1cc(NS(=O)(=O)c2ccc(NC(=O)C=CC(=O)[O-])cc2)no1. The van der Waals surface area contributed by atoms with Gasteiger partial charge in [0, 0.05) is 17.8 Å². The zero-order chi connectivity index (χ0) is 17.7. The van der Waals surface area contributed by atoms with Gasteiger partial charge in [-0.2, -0.15) is 0 Å². The van der Waals surface area contributed by atoms with Gasteiger partial charge in [-0.3, -0.25) is 9.52 Å². The molecule has 0 saturated heterocycles. The molecule has 9 nitrogen and oxygen atoms in total. The number of nitrogens with zero attached hydrogens (tertiary/aromatic N) is 1. The van der Waals surface area contributed by atoms with Crippen molar-refractivity contribution in [2.75, 3.05) is 10.0 Å². The molecule has 126 valence electrons. The van der Waals surface area contributed by atoms with Crippen molar-refractivity contribution in [1.82, 2.24) is 5.16 Å². The number of hydrogen-bond donors (Lipinski definition) is 2. The molecule has 0 bridgehead atoms. The number of nitrogens with one attached hydrogen (secondary N) is 2. The first-order valence-corrected chi connectivity index (χ1v) is 8.01. The van der Waals surface area contributed by atoms with Crippen LogP contribution in [0.15, 0.2) is 51.9 Å². The molecular formula is C14H12N3O6S-. The van der Waals surface area contributed by atoms with Crippen molar-refractivity contribution in [2.45, 2.75) is 11.8 Å². The first kappa shape index (κ1) is 17.2. The number of aliphatic carboxylic acids is 1. The minimum absolute atomic E-state index is 0.0496. The lowest BCUT2D eigenvalue weighted by atomic mass is 10.3. The summed E-state index contributed by atoms with van der Waals surface area (Å²) >= 11 is 0. The van der Waals surface area contributed by atoms with Crippen molar-refractivity contribution in [3.05, 3.63) is 48.2 Å². The number of aromatic nitrogens is 1. The molecule has 0 aliphatic heterocycles. The van der Waals surface area contributed by atoms with Gasteiger partial charge in [-0.15, -0.1) is 0 Å². The summed E-state index contributed by atoms with van der Waals surface area (Å²) < 4.78 is 31.3. The third-order valence-corrected chi connectivity index (χ3v) is 4.04. The summed E-state index contributed by atoms with van der Waals surface area (Å²) in [5.74, 6) is -1.68. The molecule has 0 fully saturated rings. The quantitative estimate of drug-likeness (QED) is 0.700. The summed E-state index contributed by atoms with van der Waals surface area (Å²) in [6.07, 6.45) is 1.37. The van der Waals surface area contributed by atoms with E-state index >= 15 is 0 Å². The van der Waals surface area contributed by atoms with E-state index in [1.165, 1.54) is 30.3 Å². The first-order valence-electron chi connectivity index (χ1n) is 6.52. The van der Waals surface area contributed by atoms with Crippen LogP contribution in [-0.4, -0.2) is 25.5 Å². The molecular weight excluding hydrogens is 338 g/mol. The Hall–Kier alpha value is -3.14. The van der Waals surface area contributed by atoms with E-state index in [1.54, 1.807) is 6.92 Å². The smallest absolute Gasteiger partial charge is 0.263 e. The van der Waals surface area contributed by atoms with Gasteiger partial charge in [0.05, 0.1) is 10.9 Å². The van der Waals surface area contributed by atoms with Crippen LogP contribution in [0, 0.1) is 6.92 Å². The Bertz CT molecular complexity index is 883. The van der Waals surface area contributed by atoms with E-state index in [-0.39, 0.29) is 10.7 Å². The predicted octanol–water partition coefficient (Wildman–Crippen LogP) is 0.0284. The van der Waals surface area contributed by atoms with E-state index in [0.717, 1.165) is 6.08 Å². The van der Waals surface area contributed by atoms with Crippen LogP contribution in [0.5, 0.6) is 0 Å². The van der Waals surface area contributed by atoms with Gasteiger partial charge in [0.2, 0.25) is 5.91 Å². The van der Waals surface area contributed by atoms with Gasteiger partial charge < -0.3 is 19.7 Å². The average molecular weight is 350 g/mol. The van der Waals surface area contributed by atoms with Crippen LogP contribution in [0.2, 0.25) is 0 Å².